The molecule has 0 unspecified atom stereocenters. The Morgan fingerprint density at radius 3 is 2.40 bits per heavy atom. The summed E-state index contributed by atoms with van der Waals surface area (Å²) in [6, 6.07) is -0.542. The highest BCUT2D eigenvalue weighted by Crippen LogP contribution is 2.65. The largest absolute Gasteiger partial charge is 0.434 e. The van der Waals surface area contributed by atoms with Crippen molar-refractivity contribution in [1.29, 1.82) is 0 Å². The van der Waals surface area contributed by atoms with Crippen molar-refractivity contribution in [3.8, 4) is 0 Å². The number of para-hydroxylation sites is 1. The molecule has 3 amide bonds. The third-order valence-electron chi connectivity index (χ3n) is 10.0. The molecule has 3 N–H and O–H groups in total. The Morgan fingerprint density at radius 1 is 1.17 bits per heavy atom. The molecule has 3 heterocycles. The predicted octanol–water partition coefficient (Wildman–Crippen LogP) is 3.27. The fourth-order valence-electron chi connectivity index (χ4n) is 6.95. The molecule has 0 spiro atoms. The van der Waals surface area contributed by atoms with E-state index >= 15 is 0 Å². The summed E-state index contributed by atoms with van der Waals surface area (Å²) in [5, 5.41) is 4.55. The second kappa shape index (κ2) is 12.1. The number of nitrogens with one attached hydrogen (secondary N) is 3. The van der Waals surface area contributed by atoms with Gasteiger partial charge in [0.2, 0.25) is 33.5 Å². The van der Waals surface area contributed by atoms with E-state index in [1.165, 1.54) is 24.8 Å². The Hall–Kier alpha value is -3.53. The van der Waals surface area contributed by atoms with Crippen LogP contribution in [0.2, 0.25) is 0 Å². The minimum Gasteiger partial charge on any atom is -0.434 e. The number of likely N-dealkylation sites (tertiary alicyclic amines) is 1. The van der Waals surface area contributed by atoms with E-state index in [1.54, 1.807) is 20.8 Å². The Balaban J connectivity index is 1.47. The number of oxazole rings is 1. The number of carbonyl (C=O) groups excluding carboxylic acids is 4. The van der Waals surface area contributed by atoms with Crippen LogP contribution in [-0.4, -0.2) is 78.3 Å². The van der Waals surface area contributed by atoms with Gasteiger partial charge in [0.05, 0.1) is 16.9 Å². The summed E-state index contributed by atoms with van der Waals surface area (Å²) in [4.78, 5) is 60.0. The molecule has 6 atom stereocenters. The summed E-state index contributed by atoms with van der Waals surface area (Å²) in [6.07, 6.45) is -4.59. The first-order valence-electron chi connectivity index (χ1n) is 16.0. The van der Waals surface area contributed by atoms with E-state index in [2.05, 4.69) is 20.3 Å². The smallest absolute Gasteiger partial charge is 0.418 e. The van der Waals surface area contributed by atoms with E-state index in [0.29, 0.717) is 13.0 Å². The van der Waals surface area contributed by atoms with E-state index < -0.39 is 85.5 Å². The van der Waals surface area contributed by atoms with E-state index in [1.807, 2.05) is 13.8 Å². The molecule has 48 heavy (non-hydrogen) atoms. The molecular weight excluding hydrogens is 655 g/mol. The highest BCUT2D eigenvalue weighted by molar-refractivity contribution is 7.90. The number of piperidine rings is 1. The Kier molecular flexibility index (Phi) is 9.02. The first-order chi connectivity index (χ1) is 22.1. The Bertz CT molecular complexity index is 1750. The maximum Gasteiger partial charge on any atom is 0.418 e. The number of carbonyl (C=O) groups is 4. The molecule has 264 valence electrons. The summed E-state index contributed by atoms with van der Waals surface area (Å²) in [5.74, 6) is -4.30. The summed E-state index contributed by atoms with van der Waals surface area (Å²) in [5.41, 5.74) is -3.15. The number of Topliss-reactive ketones (excluding diaryl/α,β-unsaturated/α-hetero) is 1. The van der Waals surface area contributed by atoms with Gasteiger partial charge >= 0.3 is 6.18 Å². The molecule has 3 fully saturated rings. The molecular formula is C32H42F3N5O7S. The van der Waals surface area contributed by atoms with Crippen LogP contribution in [0, 0.1) is 28.6 Å². The number of sulfonamides is 1. The molecule has 16 heteroatoms. The number of benzene rings is 1. The minimum atomic E-state index is -4.77. The number of ketones is 1. The lowest BCUT2D eigenvalue weighted by Crippen LogP contribution is -2.60. The van der Waals surface area contributed by atoms with Gasteiger partial charge in [-0.15, -0.1) is 0 Å². The summed E-state index contributed by atoms with van der Waals surface area (Å²) in [6.45, 7) is 12.5. The number of halogens is 3. The molecule has 1 aromatic carbocycles. The van der Waals surface area contributed by atoms with Gasteiger partial charge < -0.3 is 20.0 Å². The number of alkyl halides is 3. The monoisotopic (exact) mass is 697 g/mol. The lowest BCUT2D eigenvalue weighted by Gasteiger charge is -2.38. The van der Waals surface area contributed by atoms with Crippen LogP contribution >= 0.6 is 0 Å². The zero-order valence-electron chi connectivity index (χ0n) is 27.9. The molecule has 3 aliphatic rings. The van der Waals surface area contributed by atoms with Crippen LogP contribution < -0.4 is 15.4 Å². The number of fused-ring (bicyclic) bond motifs is 2. The molecule has 1 aromatic heterocycles. The van der Waals surface area contributed by atoms with Crippen LogP contribution in [0.5, 0.6) is 0 Å². The standard InChI is InChI=1S/C32H42F3N5O7S/c1-15(2)48(45,46)39-25(30(3,4)5)29(44)40-14-18-21(31(18,6)7)23(40)27(43)37-19(13-16-11-12-36-26(16)42)24(41)28-38-22-17(32(33,34)35)9-8-10-20(22)47-28/h8-10,15-16,18-19,21,23,25,39H,11-14H2,1-7H3,(H,36,42)(H,37,43)/t16-,18-,19-,21-,23-,25+/m0/s1. The third-order valence-corrected chi connectivity index (χ3v) is 11.8. The lowest BCUT2D eigenvalue weighted by atomic mass is 9.86. The normalized spacial score (nSPS) is 25.1. The highest BCUT2D eigenvalue weighted by atomic mass is 32.2. The average Bonchev–Trinajstić information content (AvgIpc) is 3.48. The van der Waals surface area contributed by atoms with Gasteiger partial charge in [0.15, 0.2) is 5.58 Å². The molecule has 1 saturated carbocycles. The number of amides is 3. The van der Waals surface area contributed by atoms with E-state index in [9.17, 15) is 40.8 Å². The third kappa shape index (κ3) is 6.57. The van der Waals surface area contributed by atoms with Gasteiger partial charge in [-0.3, -0.25) is 19.2 Å². The maximum atomic E-state index is 14.2. The van der Waals surface area contributed by atoms with Crippen molar-refractivity contribution >= 4 is 44.6 Å². The molecule has 1 aliphatic carbocycles. The number of aromatic nitrogens is 1. The van der Waals surface area contributed by atoms with Crippen molar-refractivity contribution in [1.82, 2.24) is 25.2 Å². The van der Waals surface area contributed by atoms with Crippen LogP contribution in [-0.2, 0) is 30.6 Å². The van der Waals surface area contributed by atoms with Gasteiger partial charge in [0.25, 0.3) is 5.89 Å². The van der Waals surface area contributed by atoms with E-state index in [-0.39, 0.29) is 41.7 Å². The van der Waals surface area contributed by atoms with Crippen molar-refractivity contribution in [3.63, 3.8) is 0 Å². The van der Waals surface area contributed by atoms with Crippen molar-refractivity contribution < 1.29 is 45.2 Å². The molecule has 2 aromatic rings. The fourth-order valence-corrected chi connectivity index (χ4v) is 8.01. The first-order valence-corrected chi connectivity index (χ1v) is 17.5. The second-order valence-electron chi connectivity index (χ2n) is 15.0. The summed E-state index contributed by atoms with van der Waals surface area (Å²) >= 11 is 0. The zero-order chi connectivity index (χ0) is 35.7. The minimum absolute atomic E-state index is 0.0767. The molecule has 2 saturated heterocycles. The van der Waals surface area contributed by atoms with Gasteiger partial charge in [0.1, 0.15) is 17.6 Å². The number of nitrogens with zero attached hydrogens (tertiary/aromatic N) is 2. The SMILES string of the molecule is CC(C)S(=O)(=O)N[C@H](C(=O)N1C[C@H]2[C@@H]([C@H]1C(=O)N[C@@H](C[C@@H]1CCNC1=O)C(=O)c1nc3c(C(F)(F)F)cccc3o1)C2(C)C)C(C)(C)C. The molecule has 0 radical (unpaired) electrons. The van der Waals surface area contributed by atoms with E-state index in [4.69, 9.17) is 4.42 Å². The molecule has 5 rings (SSSR count). The van der Waals surface area contributed by atoms with Crippen molar-refractivity contribution in [2.45, 2.75) is 90.9 Å². The van der Waals surface area contributed by atoms with E-state index in [0.717, 1.165) is 12.1 Å². The van der Waals surface area contributed by atoms with Crippen LogP contribution in [0.3, 0.4) is 0 Å². The molecule has 12 nitrogen and oxygen atoms in total. The molecule has 0 bridgehead atoms. The van der Waals surface area contributed by atoms with Crippen molar-refractivity contribution in [2.75, 3.05) is 13.1 Å². The first kappa shape index (κ1) is 35.8. The number of rotatable bonds is 10. The van der Waals surface area contributed by atoms with Gasteiger partial charge in [0, 0.05) is 19.0 Å². The van der Waals surface area contributed by atoms with Crippen LogP contribution in [0.4, 0.5) is 13.2 Å². The van der Waals surface area contributed by atoms with Gasteiger partial charge in [-0.1, -0.05) is 40.7 Å². The zero-order valence-corrected chi connectivity index (χ0v) is 28.7. The lowest BCUT2D eigenvalue weighted by molar-refractivity contribution is -0.143. The molecule has 2 aliphatic heterocycles. The quantitative estimate of drug-likeness (QED) is 0.318. The van der Waals surface area contributed by atoms with Gasteiger partial charge in [-0.25, -0.2) is 18.1 Å². The van der Waals surface area contributed by atoms with Crippen molar-refractivity contribution in [2.24, 2.45) is 28.6 Å². The second-order valence-corrected chi connectivity index (χ2v) is 17.3. The van der Waals surface area contributed by atoms with Crippen LogP contribution in [0.25, 0.3) is 11.1 Å². The highest BCUT2D eigenvalue weighted by Gasteiger charge is 2.70. The maximum absolute atomic E-state index is 14.2. The van der Waals surface area contributed by atoms with Gasteiger partial charge in [-0.05, 0) is 61.5 Å². The van der Waals surface area contributed by atoms with Crippen LogP contribution in [0.15, 0.2) is 22.6 Å². The fraction of sp³-hybridized carbons (Fsp3) is 0.656. The summed E-state index contributed by atoms with van der Waals surface area (Å²) < 4.78 is 74.8. The number of hydrogen-bond acceptors (Lipinski definition) is 8. The van der Waals surface area contributed by atoms with Crippen LogP contribution in [0.1, 0.15) is 77.6 Å². The Labute approximate surface area is 277 Å². The Morgan fingerprint density at radius 2 is 1.83 bits per heavy atom. The summed E-state index contributed by atoms with van der Waals surface area (Å²) in [7, 11) is -3.89. The predicted molar refractivity (Wildman–Crippen MR) is 168 cm³/mol. The average molecular weight is 698 g/mol. The van der Waals surface area contributed by atoms with Gasteiger partial charge in [-0.2, -0.15) is 13.2 Å². The topological polar surface area (TPSA) is 168 Å². The number of hydrogen-bond donors (Lipinski definition) is 3. The van der Waals surface area contributed by atoms with Crippen molar-refractivity contribution in [3.05, 3.63) is 29.7 Å².